The molecule has 0 radical (unpaired) electrons. The van der Waals surface area contributed by atoms with E-state index in [0.29, 0.717) is 5.92 Å². The van der Waals surface area contributed by atoms with Crippen molar-refractivity contribution in [3.05, 3.63) is 22.6 Å². The molecule has 14 heavy (non-hydrogen) atoms. The topological polar surface area (TPSA) is 45.4 Å². The predicted octanol–water partition coefficient (Wildman–Crippen LogP) is 2.15. The van der Waals surface area contributed by atoms with Gasteiger partial charge in [0.05, 0.1) is 6.54 Å². The van der Waals surface area contributed by atoms with Crippen LogP contribution >= 0.6 is 15.9 Å². The molecule has 0 fully saturated rings. The third-order valence-electron chi connectivity index (χ3n) is 2.04. The summed E-state index contributed by atoms with van der Waals surface area (Å²) in [5, 5.41) is 12.0. The van der Waals surface area contributed by atoms with E-state index in [0.717, 1.165) is 29.9 Å². The molecule has 1 aromatic rings. The Balaban J connectivity index is 2.15. The van der Waals surface area contributed by atoms with Crippen LogP contribution in [-0.4, -0.2) is 18.3 Å². The van der Waals surface area contributed by atoms with Crippen molar-refractivity contribution in [3.8, 4) is 0 Å². The monoisotopic (exact) mass is 261 g/mol. The first-order valence-electron chi connectivity index (χ1n) is 4.78. The third-order valence-corrected chi connectivity index (χ3v) is 2.47. The first-order chi connectivity index (χ1) is 6.72. The number of furan rings is 1. The molecule has 1 unspecified atom stereocenters. The summed E-state index contributed by atoms with van der Waals surface area (Å²) in [4.78, 5) is 0. The van der Waals surface area contributed by atoms with Gasteiger partial charge in [-0.2, -0.15) is 0 Å². The largest absolute Gasteiger partial charge is 0.453 e. The molecule has 3 nitrogen and oxygen atoms in total. The maximum Gasteiger partial charge on any atom is 0.169 e. The summed E-state index contributed by atoms with van der Waals surface area (Å²) in [5.41, 5.74) is 0. The molecule has 1 atom stereocenters. The fourth-order valence-corrected chi connectivity index (χ4v) is 1.55. The Morgan fingerprint density at radius 3 is 2.93 bits per heavy atom. The quantitative estimate of drug-likeness (QED) is 0.825. The van der Waals surface area contributed by atoms with Crippen LogP contribution in [0, 0.1) is 5.92 Å². The summed E-state index contributed by atoms with van der Waals surface area (Å²) >= 11 is 3.25. The summed E-state index contributed by atoms with van der Waals surface area (Å²) in [7, 11) is 0. The maximum atomic E-state index is 8.70. The van der Waals surface area contributed by atoms with Gasteiger partial charge in [-0.05, 0) is 46.9 Å². The molecule has 0 aliphatic rings. The smallest absolute Gasteiger partial charge is 0.169 e. The fraction of sp³-hybridized carbons (Fsp3) is 0.600. The van der Waals surface area contributed by atoms with Gasteiger partial charge in [0.25, 0.3) is 0 Å². The first-order valence-corrected chi connectivity index (χ1v) is 5.57. The second-order valence-corrected chi connectivity index (χ2v) is 4.24. The summed E-state index contributed by atoms with van der Waals surface area (Å²) in [5.74, 6) is 1.42. The lowest BCUT2D eigenvalue weighted by molar-refractivity contribution is 0.259. The SMILES string of the molecule is CC(CCO)CNCc1ccc(Br)o1. The molecule has 0 saturated carbocycles. The van der Waals surface area contributed by atoms with Crippen LogP contribution in [0.4, 0.5) is 0 Å². The molecule has 2 N–H and O–H groups in total. The molecule has 0 saturated heterocycles. The highest BCUT2D eigenvalue weighted by Crippen LogP contribution is 2.13. The lowest BCUT2D eigenvalue weighted by atomic mass is 10.1. The Morgan fingerprint density at radius 1 is 1.57 bits per heavy atom. The Bertz CT molecular complexity index is 262. The van der Waals surface area contributed by atoms with Crippen LogP contribution in [0.15, 0.2) is 21.2 Å². The van der Waals surface area contributed by atoms with Crippen LogP contribution in [-0.2, 0) is 6.54 Å². The van der Waals surface area contributed by atoms with Crippen molar-refractivity contribution >= 4 is 15.9 Å². The van der Waals surface area contributed by atoms with Crippen molar-refractivity contribution in [1.29, 1.82) is 0 Å². The van der Waals surface area contributed by atoms with Crippen LogP contribution < -0.4 is 5.32 Å². The number of halogens is 1. The number of hydrogen-bond donors (Lipinski definition) is 2. The molecule has 0 bridgehead atoms. The van der Waals surface area contributed by atoms with Crippen molar-refractivity contribution in [2.24, 2.45) is 5.92 Å². The average molecular weight is 262 g/mol. The average Bonchev–Trinajstić information content (AvgIpc) is 2.52. The van der Waals surface area contributed by atoms with Gasteiger partial charge in [0.15, 0.2) is 4.67 Å². The van der Waals surface area contributed by atoms with Crippen LogP contribution in [0.5, 0.6) is 0 Å². The number of aliphatic hydroxyl groups excluding tert-OH is 1. The number of rotatable bonds is 6. The molecular weight excluding hydrogens is 246 g/mol. The summed E-state index contributed by atoms with van der Waals surface area (Å²) in [6.45, 7) is 4.01. The van der Waals surface area contributed by atoms with Crippen molar-refractivity contribution in [2.75, 3.05) is 13.2 Å². The maximum absolute atomic E-state index is 8.70. The highest BCUT2D eigenvalue weighted by atomic mass is 79.9. The molecular formula is C10H16BrNO2. The lowest BCUT2D eigenvalue weighted by Crippen LogP contribution is -2.21. The van der Waals surface area contributed by atoms with Gasteiger partial charge >= 0.3 is 0 Å². The molecule has 1 rings (SSSR count). The molecule has 0 aliphatic carbocycles. The summed E-state index contributed by atoms with van der Waals surface area (Å²) in [6.07, 6.45) is 0.842. The van der Waals surface area contributed by atoms with Gasteiger partial charge in [0, 0.05) is 6.61 Å². The van der Waals surface area contributed by atoms with E-state index in [2.05, 4.69) is 28.2 Å². The minimum atomic E-state index is 0.259. The van der Waals surface area contributed by atoms with Gasteiger partial charge in [-0.1, -0.05) is 6.92 Å². The number of nitrogens with one attached hydrogen (secondary N) is 1. The van der Waals surface area contributed by atoms with Gasteiger partial charge < -0.3 is 14.8 Å². The van der Waals surface area contributed by atoms with E-state index in [9.17, 15) is 0 Å². The van der Waals surface area contributed by atoms with E-state index in [1.807, 2.05) is 12.1 Å². The van der Waals surface area contributed by atoms with E-state index in [1.54, 1.807) is 0 Å². The summed E-state index contributed by atoms with van der Waals surface area (Å²) < 4.78 is 6.09. The van der Waals surface area contributed by atoms with E-state index < -0.39 is 0 Å². The first kappa shape index (κ1) is 11.8. The lowest BCUT2D eigenvalue weighted by Gasteiger charge is -2.09. The molecule has 0 spiro atoms. The number of hydrogen-bond acceptors (Lipinski definition) is 3. The molecule has 80 valence electrons. The van der Waals surface area contributed by atoms with Gasteiger partial charge in [0.1, 0.15) is 5.76 Å². The molecule has 1 heterocycles. The highest BCUT2D eigenvalue weighted by molar-refractivity contribution is 9.10. The van der Waals surface area contributed by atoms with E-state index in [4.69, 9.17) is 9.52 Å². The Hall–Kier alpha value is -0.320. The number of aliphatic hydroxyl groups is 1. The van der Waals surface area contributed by atoms with Crippen LogP contribution in [0.2, 0.25) is 0 Å². The standard InChI is InChI=1S/C10H16BrNO2/c1-8(4-5-13)6-12-7-9-2-3-10(11)14-9/h2-3,8,12-13H,4-7H2,1H3. The Morgan fingerprint density at radius 2 is 2.36 bits per heavy atom. The highest BCUT2D eigenvalue weighted by Gasteiger charge is 2.02. The van der Waals surface area contributed by atoms with E-state index in [-0.39, 0.29) is 6.61 Å². The Kier molecular flexibility index (Phi) is 5.22. The van der Waals surface area contributed by atoms with Crippen LogP contribution in [0.25, 0.3) is 0 Å². The van der Waals surface area contributed by atoms with Crippen LogP contribution in [0.3, 0.4) is 0 Å². The van der Waals surface area contributed by atoms with E-state index in [1.165, 1.54) is 0 Å². The van der Waals surface area contributed by atoms with Crippen molar-refractivity contribution in [1.82, 2.24) is 5.32 Å². The summed E-state index contributed by atoms with van der Waals surface area (Å²) in [6, 6.07) is 3.82. The molecule has 0 amide bonds. The predicted molar refractivity (Wildman–Crippen MR) is 59.0 cm³/mol. The molecule has 0 aliphatic heterocycles. The van der Waals surface area contributed by atoms with Gasteiger partial charge in [0.2, 0.25) is 0 Å². The molecule has 4 heteroatoms. The van der Waals surface area contributed by atoms with E-state index >= 15 is 0 Å². The van der Waals surface area contributed by atoms with Gasteiger partial charge in [-0.25, -0.2) is 0 Å². The van der Waals surface area contributed by atoms with Gasteiger partial charge in [-0.3, -0.25) is 0 Å². The second-order valence-electron chi connectivity index (χ2n) is 3.45. The minimum absolute atomic E-state index is 0.259. The fourth-order valence-electron chi connectivity index (χ4n) is 1.21. The van der Waals surface area contributed by atoms with Gasteiger partial charge in [-0.15, -0.1) is 0 Å². The third kappa shape index (κ3) is 4.26. The van der Waals surface area contributed by atoms with Crippen molar-refractivity contribution < 1.29 is 9.52 Å². The zero-order chi connectivity index (χ0) is 10.4. The second kappa shape index (κ2) is 6.22. The molecule has 0 aromatic carbocycles. The zero-order valence-electron chi connectivity index (χ0n) is 8.29. The van der Waals surface area contributed by atoms with Crippen molar-refractivity contribution in [2.45, 2.75) is 19.9 Å². The molecule has 1 aromatic heterocycles. The Labute approximate surface area is 92.6 Å². The normalized spacial score (nSPS) is 13.1. The minimum Gasteiger partial charge on any atom is -0.453 e. The van der Waals surface area contributed by atoms with Crippen molar-refractivity contribution in [3.63, 3.8) is 0 Å². The van der Waals surface area contributed by atoms with Crippen LogP contribution in [0.1, 0.15) is 19.1 Å². The zero-order valence-corrected chi connectivity index (χ0v) is 9.88.